The number of hydrogen-bond acceptors (Lipinski definition) is 1. The van der Waals surface area contributed by atoms with E-state index in [0.717, 1.165) is 23.1 Å². The highest BCUT2D eigenvalue weighted by Gasteiger charge is 2.38. The molecule has 0 fully saturated rings. The van der Waals surface area contributed by atoms with Gasteiger partial charge in [-0.05, 0) is 38.3 Å². The Morgan fingerprint density at radius 2 is 1.95 bits per heavy atom. The Labute approximate surface area is 126 Å². The first-order chi connectivity index (χ1) is 8.71. The Morgan fingerprint density at radius 1 is 1.32 bits per heavy atom. The molecule has 0 saturated carbocycles. The second-order valence-corrected chi connectivity index (χ2v) is 7.17. The van der Waals surface area contributed by atoms with Gasteiger partial charge in [-0.25, -0.2) is 0 Å². The maximum atomic E-state index is 6.40. The highest BCUT2D eigenvalue weighted by atomic mass is 79.9. The fourth-order valence-electron chi connectivity index (χ4n) is 1.87. The van der Waals surface area contributed by atoms with Crippen LogP contribution in [0.4, 0.5) is 0 Å². The van der Waals surface area contributed by atoms with Crippen LogP contribution in [0.15, 0.2) is 46.7 Å². The summed E-state index contributed by atoms with van der Waals surface area (Å²) in [5.74, 6) is 0.984. The first-order valence-electron chi connectivity index (χ1n) is 6.76. The van der Waals surface area contributed by atoms with Gasteiger partial charge in [0.2, 0.25) is 0 Å². The Morgan fingerprint density at radius 3 is 2.42 bits per heavy atom. The van der Waals surface area contributed by atoms with E-state index in [1.807, 2.05) is 6.08 Å². The van der Waals surface area contributed by atoms with Gasteiger partial charge in [0.1, 0.15) is 11.4 Å². The van der Waals surface area contributed by atoms with Crippen molar-refractivity contribution >= 4 is 15.9 Å². The molecule has 0 aromatic rings. The van der Waals surface area contributed by atoms with Gasteiger partial charge in [-0.15, -0.1) is 0 Å². The summed E-state index contributed by atoms with van der Waals surface area (Å²) in [4.78, 5) is 0. The van der Waals surface area contributed by atoms with Crippen molar-refractivity contribution in [3.8, 4) is 0 Å². The number of allylic oxidation sites excluding steroid dienone is 5. The molecule has 1 aliphatic rings. The molecule has 106 valence electrons. The summed E-state index contributed by atoms with van der Waals surface area (Å²) in [6.45, 7) is 14.6. The minimum Gasteiger partial charge on any atom is -0.482 e. The fraction of sp³-hybridized carbons (Fsp3) is 0.529. The van der Waals surface area contributed by atoms with E-state index in [1.54, 1.807) is 6.08 Å². The molecule has 0 heterocycles. The molecule has 1 unspecified atom stereocenters. The first-order valence-corrected chi connectivity index (χ1v) is 7.55. The smallest absolute Gasteiger partial charge is 0.133 e. The molecule has 1 atom stereocenters. The zero-order valence-electron chi connectivity index (χ0n) is 12.7. The summed E-state index contributed by atoms with van der Waals surface area (Å²) in [6, 6.07) is 0. The third-order valence-electron chi connectivity index (χ3n) is 3.77. The SMILES string of the molecule is C=C/C=C\C(C)(OC1=C(Br)CCC=C1C)C(C)(C)C. The average molecular weight is 325 g/mol. The molecule has 0 amide bonds. The van der Waals surface area contributed by atoms with E-state index in [9.17, 15) is 0 Å². The lowest BCUT2D eigenvalue weighted by molar-refractivity contribution is -0.0250. The number of halogens is 1. The zero-order valence-corrected chi connectivity index (χ0v) is 14.3. The van der Waals surface area contributed by atoms with E-state index in [0.29, 0.717) is 0 Å². The van der Waals surface area contributed by atoms with Crippen molar-refractivity contribution in [1.82, 2.24) is 0 Å². The second-order valence-electron chi connectivity index (χ2n) is 6.21. The van der Waals surface area contributed by atoms with Crippen LogP contribution in [0.2, 0.25) is 0 Å². The van der Waals surface area contributed by atoms with Crippen molar-refractivity contribution in [3.63, 3.8) is 0 Å². The van der Waals surface area contributed by atoms with E-state index >= 15 is 0 Å². The predicted molar refractivity (Wildman–Crippen MR) is 87.2 cm³/mol. The van der Waals surface area contributed by atoms with Crippen molar-refractivity contribution < 1.29 is 4.74 Å². The molecule has 1 rings (SSSR count). The van der Waals surface area contributed by atoms with E-state index in [-0.39, 0.29) is 11.0 Å². The maximum absolute atomic E-state index is 6.40. The zero-order chi connectivity index (χ0) is 14.7. The number of hydrogen-bond donors (Lipinski definition) is 0. The van der Waals surface area contributed by atoms with Gasteiger partial charge >= 0.3 is 0 Å². The molecule has 0 N–H and O–H groups in total. The summed E-state index contributed by atoms with van der Waals surface area (Å²) < 4.78 is 7.56. The van der Waals surface area contributed by atoms with E-state index in [4.69, 9.17) is 4.74 Å². The van der Waals surface area contributed by atoms with Crippen LogP contribution in [-0.4, -0.2) is 5.60 Å². The predicted octanol–water partition coefficient (Wildman–Crippen LogP) is 5.90. The van der Waals surface area contributed by atoms with Gasteiger partial charge in [-0.2, -0.15) is 0 Å². The third kappa shape index (κ3) is 3.85. The quantitative estimate of drug-likeness (QED) is 0.585. The molecule has 0 aromatic carbocycles. The van der Waals surface area contributed by atoms with Gasteiger partial charge in [0.25, 0.3) is 0 Å². The molecule has 1 aliphatic carbocycles. The fourth-order valence-corrected chi connectivity index (χ4v) is 2.49. The van der Waals surface area contributed by atoms with Crippen molar-refractivity contribution in [2.24, 2.45) is 5.41 Å². The minimum atomic E-state index is -0.373. The van der Waals surface area contributed by atoms with Crippen molar-refractivity contribution in [2.45, 2.75) is 53.1 Å². The van der Waals surface area contributed by atoms with E-state index in [2.05, 4.69) is 69.3 Å². The van der Waals surface area contributed by atoms with Gasteiger partial charge in [-0.1, -0.05) is 61.5 Å². The van der Waals surface area contributed by atoms with E-state index in [1.165, 1.54) is 5.57 Å². The normalized spacial score (nSPS) is 20.2. The standard InChI is InChI=1S/C17H25BrO/c1-7-8-12-17(6,16(3,4)5)19-15-13(2)10-9-11-14(15)18/h7-8,10,12H,1,9,11H2,2-6H3/b12-8-. The first kappa shape index (κ1) is 16.3. The topological polar surface area (TPSA) is 9.23 Å². The van der Waals surface area contributed by atoms with Crippen molar-refractivity contribution in [3.05, 3.63) is 46.7 Å². The van der Waals surface area contributed by atoms with Gasteiger partial charge in [-0.3, -0.25) is 0 Å². The molecule has 0 aliphatic heterocycles. The van der Waals surface area contributed by atoms with Crippen molar-refractivity contribution in [1.29, 1.82) is 0 Å². The Hall–Kier alpha value is -0.760. The molecule has 2 heteroatoms. The van der Waals surface area contributed by atoms with Crippen LogP contribution in [0.25, 0.3) is 0 Å². The van der Waals surface area contributed by atoms with Gasteiger partial charge in [0.15, 0.2) is 0 Å². The maximum Gasteiger partial charge on any atom is 0.133 e. The lowest BCUT2D eigenvalue weighted by atomic mass is 9.77. The summed E-state index contributed by atoms with van der Waals surface area (Å²) >= 11 is 3.65. The summed E-state index contributed by atoms with van der Waals surface area (Å²) in [5.41, 5.74) is 0.826. The largest absolute Gasteiger partial charge is 0.482 e. The monoisotopic (exact) mass is 324 g/mol. The number of rotatable bonds is 4. The summed E-state index contributed by atoms with van der Waals surface area (Å²) in [7, 11) is 0. The third-order valence-corrected chi connectivity index (χ3v) is 4.53. The Kier molecular flexibility index (Phi) is 5.26. The Balaban J connectivity index is 3.12. The van der Waals surface area contributed by atoms with Crippen molar-refractivity contribution in [2.75, 3.05) is 0 Å². The molecule has 0 saturated heterocycles. The second kappa shape index (κ2) is 6.13. The van der Waals surface area contributed by atoms with Crippen LogP contribution in [0.1, 0.15) is 47.5 Å². The lowest BCUT2D eigenvalue weighted by Gasteiger charge is -2.41. The van der Waals surface area contributed by atoms with Crippen LogP contribution in [0.5, 0.6) is 0 Å². The Bertz CT molecular complexity index is 435. The average Bonchev–Trinajstić information content (AvgIpc) is 2.30. The van der Waals surface area contributed by atoms with Crippen LogP contribution in [0.3, 0.4) is 0 Å². The summed E-state index contributed by atoms with van der Waals surface area (Å²) in [6.07, 6.45) is 10.2. The molecule has 1 nitrogen and oxygen atoms in total. The summed E-state index contributed by atoms with van der Waals surface area (Å²) in [5, 5.41) is 0. The van der Waals surface area contributed by atoms with Crippen LogP contribution in [-0.2, 0) is 4.74 Å². The van der Waals surface area contributed by atoms with E-state index < -0.39 is 0 Å². The highest BCUT2D eigenvalue weighted by molar-refractivity contribution is 9.11. The van der Waals surface area contributed by atoms with Gasteiger partial charge < -0.3 is 4.74 Å². The lowest BCUT2D eigenvalue weighted by Crippen LogP contribution is -2.41. The highest BCUT2D eigenvalue weighted by Crippen LogP contribution is 2.41. The molecular formula is C17H25BrO. The van der Waals surface area contributed by atoms with Crippen LogP contribution < -0.4 is 0 Å². The molecule has 0 radical (unpaired) electrons. The molecule has 0 aromatic heterocycles. The molecule has 0 bridgehead atoms. The van der Waals surface area contributed by atoms with Crippen LogP contribution >= 0.6 is 15.9 Å². The van der Waals surface area contributed by atoms with Gasteiger partial charge in [0, 0.05) is 9.90 Å². The molecule has 0 spiro atoms. The van der Waals surface area contributed by atoms with Gasteiger partial charge in [0.05, 0.1) is 0 Å². The number of ether oxygens (including phenoxy) is 1. The van der Waals surface area contributed by atoms with Crippen LogP contribution in [0, 0.1) is 5.41 Å². The molecule has 19 heavy (non-hydrogen) atoms. The molecular weight excluding hydrogens is 300 g/mol. The minimum absolute atomic E-state index is 0.00941.